The van der Waals surface area contributed by atoms with Crippen LogP contribution in [0.25, 0.3) is 5.65 Å². The normalized spacial score (nSPS) is 20.3. The van der Waals surface area contributed by atoms with Crippen LogP contribution in [0, 0.1) is 0 Å². The van der Waals surface area contributed by atoms with Gasteiger partial charge in [0.05, 0.1) is 16.5 Å². The monoisotopic (exact) mass is 285 g/mol. The molecule has 0 spiro atoms. The molecule has 0 aromatic carbocycles. The summed E-state index contributed by atoms with van der Waals surface area (Å²) in [4.78, 5) is 0. The van der Waals surface area contributed by atoms with Crippen LogP contribution in [-0.2, 0) is 9.84 Å². The summed E-state index contributed by atoms with van der Waals surface area (Å²) in [5, 5.41) is 8.86. The number of rotatable bonds is 1. The molecule has 18 heavy (non-hydrogen) atoms. The minimum Gasteiger partial charge on any atom is -0.285 e. The standard InChI is InChI=1S/C11H12ClN3O2S/c12-9-1-2-10-13-14-11(15(10)7-9)8-3-5-18(16,17)6-4-8/h1-2,7-8H,3-6H2. The van der Waals surface area contributed by atoms with Gasteiger partial charge in [0.25, 0.3) is 0 Å². The smallest absolute Gasteiger partial charge is 0.160 e. The van der Waals surface area contributed by atoms with Gasteiger partial charge in [0.15, 0.2) is 5.65 Å². The number of halogens is 1. The number of hydrogen-bond acceptors (Lipinski definition) is 4. The predicted octanol–water partition coefficient (Wildman–Crippen LogP) is 1.67. The molecule has 0 amide bonds. The number of sulfone groups is 1. The second-order valence-corrected chi connectivity index (χ2v) is 7.30. The first-order valence-electron chi connectivity index (χ1n) is 5.76. The van der Waals surface area contributed by atoms with Crippen molar-refractivity contribution in [2.45, 2.75) is 18.8 Å². The first kappa shape index (κ1) is 11.9. The molecule has 3 rings (SSSR count). The zero-order valence-electron chi connectivity index (χ0n) is 9.58. The highest BCUT2D eigenvalue weighted by Crippen LogP contribution is 2.28. The minimum atomic E-state index is -2.85. The van der Waals surface area contributed by atoms with E-state index >= 15 is 0 Å². The molecule has 0 unspecified atom stereocenters. The number of pyridine rings is 1. The van der Waals surface area contributed by atoms with E-state index in [9.17, 15) is 8.42 Å². The topological polar surface area (TPSA) is 64.3 Å². The largest absolute Gasteiger partial charge is 0.285 e. The van der Waals surface area contributed by atoms with Gasteiger partial charge >= 0.3 is 0 Å². The van der Waals surface area contributed by atoms with Gasteiger partial charge in [-0.25, -0.2) is 8.42 Å². The van der Waals surface area contributed by atoms with Crippen LogP contribution in [0.4, 0.5) is 0 Å². The third kappa shape index (κ3) is 2.10. The van der Waals surface area contributed by atoms with Crippen LogP contribution in [0.2, 0.25) is 5.02 Å². The third-order valence-corrected chi connectivity index (χ3v) is 5.25. The molecule has 0 N–H and O–H groups in total. The van der Waals surface area contributed by atoms with E-state index in [0.717, 1.165) is 11.5 Å². The first-order chi connectivity index (χ1) is 8.55. The van der Waals surface area contributed by atoms with E-state index in [1.54, 1.807) is 18.3 Å². The summed E-state index contributed by atoms with van der Waals surface area (Å²) < 4.78 is 24.7. The van der Waals surface area contributed by atoms with E-state index in [-0.39, 0.29) is 17.4 Å². The zero-order valence-corrected chi connectivity index (χ0v) is 11.2. The van der Waals surface area contributed by atoms with Gasteiger partial charge < -0.3 is 0 Å². The average molecular weight is 286 g/mol. The molecular formula is C11H12ClN3O2S. The lowest BCUT2D eigenvalue weighted by molar-refractivity contribution is 0.534. The minimum absolute atomic E-state index is 0.141. The fourth-order valence-corrected chi connectivity index (χ4v) is 3.96. The molecule has 0 radical (unpaired) electrons. The molecule has 1 fully saturated rings. The van der Waals surface area contributed by atoms with Crippen molar-refractivity contribution in [1.82, 2.24) is 14.6 Å². The van der Waals surface area contributed by atoms with Crippen LogP contribution in [0.1, 0.15) is 24.6 Å². The van der Waals surface area contributed by atoms with Crippen LogP contribution in [0.3, 0.4) is 0 Å². The predicted molar refractivity (Wildman–Crippen MR) is 68.6 cm³/mol. The Kier molecular flexibility index (Phi) is 2.79. The second kappa shape index (κ2) is 4.20. The second-order valence-electron chi connectivity index (χ2n) is 4.56. The molecule has 3 heterocycles. The van der Waals surface area contributed by atoms with Gasteiger partial charge in [-0.3, -0.25) is 4.40 Å². The van der Waals surface area contributed by atoms with Gasteiger partial charge in [-0.1, -0.05) is 11.6 Å². The van der Waals surface area contributed by atoms with Crippen molar-refractivity contribution in [3.05, 3.63) is 29.2 Å². The molecule has 0 saturated carbocycles. The molecule has 0 atom stereocenters. The Labute approximate surface area is 110 Å². The van der Waals surface area contributed by atoms with E-state index in [1.807, 2.05) is 4.40 Å². The molecule has 1 aliphatic heterocycles. The van der Waals surface area contributed by atoms with Gasteiger partial charge in [0, 0.05) is 12.1 Å². The molecular weight excluding hydrogens is 274 g/mol. The first-order valence-corrected chi connectivity index (χ1v) is 7.96. The summed E-state index contributed by atoms with van der Waals surface area (Å²) in [6.45, 7) is 0. The lowest BCUT2D eigenvalue weighted by atomic mass is 10.0. The lowest BCUT2D eigenvalue weighted by Crippen LogP contribution is -2.23. The molecule has 5 nitrogen and oxygen atoms in total. The number of nitrogens with zero attached hydrogens (tertiary/aromatic N) is 3. The Balaban J connectivity index is 1.98. The van der Waals surface area contributed by atoms with E-state index in [4.69, 9.17) is 11.6 Å². The summed E-state index contributed by atoms with van der Waals surface area (Å²) in [6, 6.07) is 3.57. The SMILES string of the molecule is O=S1(=O)CCC(c2nnc3ccc(Cl)cn23)CC1. The molecule has 0 aliphatic carbocycles. The van der Waals surface area contributed by atoms with Gasteiger partial charge in [0.1, 0.15) is 15.7 Å². The maximum Gasteiger partial charge on any atom is 0.160 e. The van der Waals surface area contributed by atoms with Crippen molar-refractivity contribution in [3.8, 4) is 0 Å². The summed E-state index contributed by atoms with van der Waals surface area (Å²) in [5.41, 5.74) is 0.739. The maximum absolute atomic E-state index is 11.4. The van der Waals surface area contributed by atoms with E-state index in [0.29, 0.717) is 17.9 Å². The Morgan fingerprint density at radius 2 is 1.94 bits per heavy atom. The van der Waals surface area contributed by atoms with E-state index in [2.05, 4.69) is 10.2 Å². The third-order valence-electron chi connectivity index (χ3n) is 3.31. The van der Waals surface area contributed by atoms with Crippen LogP contribution < -0.4 is 0 Å². The van der Waals surface area contributed by atoms with Gasteiger partial charge in [-0.05, 0) is 25.0 Å². The zero-order chi connectivity index (χ0) is 12.8. The van der Waals surface area contributed by atoms with Gasteiger partial charge in [-0.15, -0.1) is 10.2 Å². The van der Waals surface area contributed by atoms with Crippen LogP contribution in [0.5, 0.6) is 0 Å². The van der Waals surface area contributed by atoms with Crippen molar-refractivity contribution < 1.29 is 8.42 Å². The van der Waals surface area contributed by atoms with Gasteiger partial charge in [0.2, 0.25) is 0 Å². The molecule has 7 heteroatoms. The van der Waals surface area contributed by atoms with Crippen molar-refractivity contribution in [3.63, 3.8) is 0 Å². The number of hydrogen-bond donors (Lipinski definition) is 0. The maximum atomic E-state index is 11.4. The van der Waals surface area contributed by atoms with Gasteiger partial charge in [-0.2, -0.15) is 0 Å². The van der Waals surface area contributed by atoms with Crippen molar-refractivity contribution in [1.29, 1.82) is 0 Å². The Morgan fingerprint density at radius 1 is 1.22 bits per heavy atom. The molecule has 2 aromatic heterocycles. The average Bonchev–Trinajstić information content (AvgIpc) is 2.72. The summed E-state index contributed by atoms with van der Waals surface area (Å²) in [7, 11) is -2.85. The number of aromatic nitrogens is 3. The summed E-state index contributed by atoms with van der Waals surface area (Å²) in [6.07, 6.45) is 2.99. The summed E-state index contributed by atoms with van der Waals surface area (Å²) in [5.74, 6) is 1.41. The van der Waals surface area contributed by atoms with Crippen molar-refractivity contribution in [2.75, 3.05) is 11.5 Å². The highest BCUT2D eigenvalue weighted by Gasteiger charge is 2.27. The molecule has 2 aromatic rings. The molecule has 96 valence electrons. The summed E-state index contributed by atoms with van der Waals surface area (Å²) >= 11 is 5.96. The Morgan fingerprint density at radius 3 is 2.67 bits per heavy atom. The fraction of sp³-hybridized carbons (Fsp3) is 0.455. The van der Waals surface area contributed by atoms with Crippen LogP contribution in [-0.4, -0.2) is 34.5 Å². The van der Waals surface area contributed by atoms with Crippen LogP contribution >= 0.6 is 11.6 Å². The molecule has 1 aliphatic rings. The highest BCUT2D eigenvalue weighted by atomic mass is 35.5. The van der Waals surface area contributed by atoms with Crippen molar-refractivity contribution in [2.24, 2.45) is 0 Å². The van der Waals surface area contributed by atoms with E-state index < -0.39 is 9.84 Å². The fourth-order valence-electron chi connectivity index (χ4n) is 2.31. The number of fused-ring (bicyclic) bond motifs is 1. The van der Waals surface area contributed by atoms with Crippen LogP contribution in [0.15, 0.2) is 18.3 Å². The molecule has 0 bridgehead atoms. The Hall–Kier alpha value is -1.14. The quantitative estimate of drug-likeness (QED) is 0.799. The van der Waals surface area contributed by atoms with Crippen molar-refractivity contribution >= 4 is 27.1 Å². The highest BCUT2D eigenvalue weighted by molar-refractivity contribution is 7.91. The lowest BCUT2D eigenvalue weighted by Gasteiger charge is -2.20. The Bertz CT molecular complexity index is 681. The van der Waals surface area contributed by atoms with E-state index in [1.165, 1.54) is 0 Å². The molecule has 1 saturated heterocycles.